The van der Waals surface area contributed by atoms with Gasteiger partial charge in [0.15, 0.2) is 0 Å². The van der Waals surface area contributed by atoms with Gasteiger partial charge < -0.3 is 14.8 Å². The Labute approximate surface area is 124 Å². The number of hydrogen-bond acceptors (Lipinski definition) is 5. The molecule has 0 spiro atoms. The van der Waals surface area contributed by atoms with Gasteiger partial charge in [0.2, 0.25) is 0 Å². The van der Waals surface area contributed by atoms with Crippen LogP contribution in [0.1, 0.15) is 32.3 Å². The van der Waals surface area contributed by atoms with Crippen LogP contribution >= 0.6 is 0 Å². The number of ether oxygens (including phenoxy) is 2. The number of non-ortho nitro benzene ring substituents is 1. The topological polar surface area (TPSA) is 73.6 Å². The van der Waals surface area contributed by atoms with Crippen LogP contribution in [-0.4, -0.2) is 30.3 Å². The summed E-state index contributed by atoms with van der Waals surface area (Å²) in [5.74, 6) is 0.666. The lowest BCUT2D eigenvalue weighted by Crippen LogP contribution is -2.43. The number of nitro groups is 1. The summed E-state index contributed by atoms with van der Waals surface area (Å²) in [5.41, 5.74) is 0.763. The second-order valence-electron chi connectivity index (χ2n) is 5.93. The molecule has 0 saturated carbocycles. The van der Waals surface area contributed by atoms with Crippen molar-refractivity contribution in [2.24, 2.45) is 0 Å². The molecule has 6 nitrogen and oxygen atoms in total. The van der Waals surface area contributed by atoms with Crippen molar-refractivity contribution < 1.29 is 14.4 Å². The van der Waals surface area contributed by atoms with E-state index in [0.29, 0.717) is 18.3 Å². The number of benzene rings is 1. The van der Waals surface area contributed by atoms with Gasteiger partial charge in [-0.3, -0.25) is 10.1 Å². The molecule has 2 rings (SSSR count). The van der Waals surface area contributed by atoms with Crippen LogP contribution in [0.2, 0.25) is 0 Å². The lowest BCUT2D eigenvalue weighted by atomic mass is 9.94. The van der Waals surface area contributed by atoms with E-state index in [1.807, 2.05) is 0 Å². The van der Waals surface area contributed by atoms with E-state index in [1.165, 1.54) is 6.07 Å². The van der Waals surface area contributed by atoms with E-state index in [0.717, 1.165) is 25.0 Å². The molecular weight excluding hydrogens is 272 g/mol. The zero-order chi connectivity index (χ0) is 15.5. The van der Waals surface area contributed by atoms with Crippen LogP contribution in [0.15, 0.2) is 18.2 Å². The van der Waals surface area contributed by atoms with Gasteiger partial charge in [0.25, 0.3) is 5.69 Å². The maximum atomic E-state index is 10.9. The first kappa shape index (κ1) is 15.7. The second kappa shape index (κ2) is 6.41. The molecule has 1 aromatic rings. The average molecular weight is 294 g/mol. The summed E-state index contributed by atoms with van der Waals surface area (Å²) in [7, 11) is 1.57. The van der Waals surface area contributed by atoms with Crippen LogP contribution in [-0.2, 0) is 11.3 Å². The minimum absolute atomic E-state index is 0.0832. The SMILES string of the molecule is COc1ccc([N+](=O)[O-])cc1CNC1CCOC(C)(C)C1. The molecular formula is C15H22N2O4. The molecule has 0 amide bonds. The zero-order valence-corrected chi connectivity index (χ0v) is 12.7. The molecule has 1 unspecified atom stereocenters. The molecule has 0 aromatic heterocycles. The molecule has 1 fully saturated rings. The molecule has 1 aliphatic heterocycles. The summed E-state index contributed by atoms with van der Waals surface area (Å²) >= 11 is 0. The van der Waals surface area contributed by atoms with Crippen LogP contribution in [0.25, 0.3) is 0 Å². The highest BCUT2D eigenvalue weighted by Gasteiger charge is 2.28. The lowest BCUT2D eigenvalue weighted by molar-refractivity contribution is -0.384. The molecule has 116 valence electrons. The number of nitrogens with one attached hydrogen (secondary N) is 1. The Morgan fingerprint density at radius 1 is 1.52 bits per heavy atom. The van der Waals surface area contributed by atoms with Crippen LogP contribution in [0, 0.1) is 10.1 Å². The van der Waals surface area contributed by atoms with Crippen molar-refractivity contribution in [1.29, 1.82) is 0 Å². The van der Waals surface area contributed by atoms with Crippen molar-refractivity contribution in [3.8, 4) is 5.75 Å². The van der Waals surface area contributed by atoms with E-state index in [-0.39, 0.29) is 16.2 Å². The summed E-state index contributed by atoms with van der Waals surface area (Å²) < 4.78 is 11.0. The molecule has 0 aliphatic carbocycles. The minimum Gasteiger partial charge on any atom is -0.496 e. The van der Waals surface area contributed by atoms with Crippen molar-refractivity contribution in [2.45, 2.75) is 44.9 Å². The molecule has 21 heavy (non-hydrogen) atoms. The van der Waals surface area contributed by atoms with E-state index >= 15 is 0 Å². The van der Waals surface area contributed by atoms with Gasteiger partial charge in [-0.1, -0.05) is 0 Å². The Kier molecular flexibility index (Phi) is 4.80. The van der Waals surface area contributed by atoms with Crippen molar-refractivity contribution in [3.63, 3.8) is 0 Å². The third-order valence-electron chi connectivity index (χ3n) is 3.75. The Morgan fingerprint density at radius 3 is 2.90 bits per heavy atom. The predicted molar refractivity (Wildman–Crippen MR) is 79.5 cm³/mol. The van der Waals surface area contributed by atoms with Gasteiger partial charge in [-0.25, -0.2) is 0 Å². The average Bonchev–Trinajstić information content (AvgIpc) is 2.43. The Morgan fingerprint density at radius 2 is 2.29 bits per heavy atom. The quantitative estimate of drug-likeness (QED) is 0.667. The van der Waals surface area contributed by atoms with Gasteiger partial charge in [0, 0.05) is 36.9 Å². The fourth-order valence-corrected chi connectivity index (χ4v) is 2.68. The lowest BCUT2D eigenvalue weighted by Gasteiger charge is -2.36. The van der Waals surface area contributed by atoms with Gasteiger partial charge in [0.1, 0.15) is 5.75 Å². The Balaban J connectivity index is 2.04. The van der Waals surface area contributed by atoms with Crippen LogP contribution in [0.4, 0.5) is 5.69 Å². The fourth-order valence-electron chi connectivity index (χ4n) is 2.68. The number of nitrogens with zero attached hydrogens (tertiary/aromatic N) is 1. The van der Waals surface area contributed by atoms with Crippen LogP contribution in [0.3, 0.4) is 0 Å². The van der Waals surface area contributed by atoms with Gasteiger partial charge in [-0.15, -0.1) is 0 Å². The van der Waals surface area contributed by atoms with Crippen molar-refractivity contribution in [1.82, 2.24) is 5.32 Å². The van der Waals surface area contributed by atoms with E-state index in [4.69, 9.17) is 9.47 Å². The van der Waals surface area contributed by atoms with E-state index in [2.05, 4.69) is 19.2 Å². The molecule has 1 saturated heterocycles. The summed E-state index contributed by atoms with van der Waals surface area (Å²) in [6, 6.07) is 5.01. The molecule has 6 heteroatoms. The molecule has 0 radical (unpaired) electrons. The number of rotatable bonds is 5. The van der Waals surface area contributed by atoms with Gasteiger partial charge in [0.05, 0.1) is 17.6 Å². The highest BCUT2D eigenvalue weighted by atomic mass is 16.6. The zero-order valence-electron chi connectivity index (χ0n) is 12.7. The minimum atomic E-state index is -0.388. The van der Waals surface area contributed by atoms with Gasteiger partial charge >= 0.3 is 0 Å². The molecule has 1 heterocycles. The van der Waals surface area contributed by atoms with Gasteiger partial charge in [-0.05, 0) is 32.8 Å². The first-order valence-corrected chi connectivity index (χ1v) is 7.10. The highest BCUT2D eigenvalue weighted by molar-refractivity contribution is 5.43. The number of nitro benzene ring substituents is 1. The molecule has 1 aliphatic rings. The summed E-state index contributed by atoms with van der Waals surface area (Å²) in [6.45, 7) is 5.44. The van der Waals surface area contributed by atoms with Gasteiger partial charge in [-0.2, -0.15) is 0 Å². The highest BCUT2D eigenvalue weighted by Crippen LogP contribution is 2.26. The largest absolute Gasteiger partial charge is 0.496 e. The first-order valence-electron chi connectivity index (χ1n) is 7.10. The van der Waals surface area contributed by atoms with Crippen LogP contribution in [0.5, 0.6) is 5.75 Å². The summed E-state index contributed by atoms with van der Waals surface area (Å²) in [6.07, 6.45) is 1.87. The Hall–Kier alpha value is -1.66. The maximum absolute atomic E-state index is 10.9. The summed E-state index contributed by atoms with van der Waals surface area (Å²) in [4.78, 5) is 10.5. The van der Waals surface area contributed by atoms with Crippen molar-refractivity contribution in [2.75, 3.05) is 13.7 Å². The summed E-state index contributed by atoms with van der Waals surface area (Å²) in [5, 5.41) is 14.3. The fraction of sp³-hybridized carbons (Fsp3) is 0.600. The van der Waals surface area contributed by atoms with E-state index in [1.54, 1.807) is 19.2 Å². The smallest absolute Gasteiger partial charge is 0.270 e. The number of hydrogen-bond donors (Lipinski definition) is 1. The standard InChI is InChI=1S/C15H22N2O4/c1-15(2)9-12(6-7-21-15)16-10-11-8-13(17(18)19)4-5-14(11)20-3/h4-5,8,12,16H,6-7,9-10H2,1-3H3. The number of methoxy groups -OCH3 is 1. The maximum Gasteiger partial charge on any atom is 0.270 e. The van der Waals surface area contributed by atoms with Crippen LogP contribution < -0.4 is 10.1 Å². The normalized spacial score (nSPS) is 21.0. The van der Waals surface area contributed by atoms with Crippen molar-refractivity contribution >= 4 is 5.69 Å². The monoisotopic (exact) mass is 294 g/mol. The third-order valence-corrected chi connectivity index (χ3v) is 3.75. The molecule has 0 bridgehead atoms. The van der Waals surface area contributed by atoms with Crippen molar-refractivity contribution in [3.05, 3.63) is 33.9 Å². The van der Waals surface area contributed by atoms with E-state index < -0.39 is 0 Å². The third kappa shape index (κ3) is 4.15. The van der Waals surface area contributed by atoms with E-state index in [9.17, 15) is 10.1 Å². The first-order chi connectivity index (χ1) is 9.91. The molecule has 1 atom stereocenters. The molecule has 1 aromatic carbocycles. The molecule has 1 N–H and O–H groups in total. The second-order valence-corrected chi connectivity index (χ2v) is 5.93. The Bertz CT molecular complexity index is 516. The predicted octanol–water partition coefficient (Wildman–Crippen LogP) is 2.65.